The fourth-order valence-electron chi connectivity index (χ4n) is 2.80. The van der Waals surface area contributed by atoms with E-state index in [4.69, 9.17) is 26.4 Å². The lowest BCUT2D eigenvalue weighted by Crippen LogP contribution is -2.40. The van der Waals surface area contributed by atoms with Crippen LogP contribution in [0.4, 0.5) is 0 Å². The summed E-state index contributed by atoms with van der Waals surface area (Å²) in [6.07, 6.45) is 2.08. The molecule has 2 aromatic rings. The van der Waals surface area contributed by atoms with Gasteiger partial charge in [0.1, 0.15) is 5.75 Å². The summed E-state index contributed by atoms with van der Waals surface area (Å²) < 4.78 is 16.3. The summed E-state index contributed by atoms with van der Waals surface area (Å²) in [4.78, 5) is 0. The largest absolute Gasteiger partial charge is 0.496 e. The highest BCUT2D eigenvalue weighted by Crippen LogP contribution is 2.39. The van der Waals surface area contributed by atoms with Gasteiger partial charge in [0, 0.05) is 17.3 Å². The summed E-state index contributed by atoms with van der Waals surface area (Å²) in [5.74, 6) is 1.95. The van der Waals surface area contributed by atoms with Crippen molar-refractivity contribution in [3.63, 3.8) is 0 Å². The molecule has 0 saturated heterocycles. The predicted molar refractivity (Wildman–Crippen MR) is 102 cm³/mol. The molecule has 130 valence electrons. The third-order valence-corrected chi connectivity index (χ3v) is 4.24. The molecule has 0 bridgehead atoms. The van der Waals surface area contributed by atoms with Gasteiger partial charge >= 0.3 is 0 Å². The van der Waals surface area contributed by atoms with Gasteiger partial charge in [0.05, 0.1) is 27.4 Å². The molecule has 0 aromatic heterocycles. The van der Waals surface area contributed by atoms with Gasteiger partial charge in [0.2, 0.25) is 0 Å². The average Bonchev–Trinajstić information content (AvgIpc) is 2.67. The van der Waals surface area contributed by atoms with Crippen molar-refractivity contribution in [2.24, 2.45) is 0 Å². The number of ether oxygens (including phenoxy) is 3. The Bertz CT molecular complexity index is 806. The van der Waals surface area contributed by atoms with Gasteiger partial charge in [-0.3, -0.25) is 0 Å². The van der Waals surface area contributed by atoms with E-state index in [2.05, 4.69) is 16.7 Å². The molecular formula is C19H20N2O3S. The lowest BCUT2D eigenvalue weighted by Gasteiger charge is -2.27. The summed E-state index contributed by atoms with van der Waals surface area (Å²) in [5.41, 5.74) is 2.93. The Hall–Kier alpha value is -2.73. The number of hydrogen-bond donors (Lipinski definition) is 2. The molecule has 1 unspecified atom stereocenters. The molecule has 1 aliphatic heterocycles. The van der Waals surface area contributed by atoms with Crippen molar-refractivity contribution in [1.82, 2.24) is 10.6 Å². The molecule has 2 aromatic carbocycles. The molecule has 5 nitrogen and oxygen atoms in total. The zero-order chi connectivity index (χ0) is 17.8. The monoisotopic (exact) mass is 356 g/mol. The van der Waals surface area contributed by atoms with Crippen LogP contribution < -0.4 is 24.8 Å². The molecule has 6 heteroatoms. The van der Waals surface area contributed by atoms with Crippen molar-refractivity contribution >= 4 is 23.0 Å². The van der Waals surface area contributed by atoms with Gasteiger partial charge in [0.25, 0.3) is 0 Å². The van der Waals surface area contributed by atoms with Crippen LogP contribution in [0.5, 0.6) is 17.2 Å². The molecule has 0 fully saturated rings. The van der Waals surface area contributed by atoms with Gasteiger partial charge in [0.15, 0.2) is 16.6 Å². The molecule has 0 spiro atoms. The predicted octanol–water partition coefficient (Wildman–Crippen LogP) is 3.27. The van der Waals surface area contributed by atoms with Gasteiger partial charge in [-0.1, -0.05) is 30.3 Å². The quantitative estimate of drug-likeness (QED) is 0.802. The summed E-state index contributed by atoms with van der Waals surface area (Å²) in [7, 11) is 4.84. The molecule has 1 aliphatic rings. The second-order valence-corrected chi connectivity index (χ2v) is 5.88. The number of hydrogen-bond acceptors (Lipinski definition) is 4. The first-order valence-electron chi connectivity index (χ1n) is 7.81. The minimum absolute atomic E-state index is 0.154. The van der Waals surface area contributed by atoms with Crippen molar-refractivity contribution in [1.29, 1.82) is 0 Å². The summed E-state index contributed by atoms with van der Waals surface area (Å²) in [5, 5.41) is 7.03. The lowest BCUT2D eigenvalue weighted by atomic mass is 10.00. The van der Waals surface area contributed by atoms with Crippen molar-refractivity contribution in [3.05, 3.63) is 59.7 Å². The topological polar surface area (TPSA) is 51.8 Å². The smallest absolute Gasteiger partial charge is 0.171 e. The minimum atomic E-state index is -0.154. The molecule has 3 rings (SSSR count). The Morgan fingerprint density at radius 1 is 0.880 bits per heavy atom. The fourth-order valence-corrected chi connectivity index (χ4v) is 3.04. The first kappa shape index (κ1) is 17.1. The molecule has 1 atom stereocenters. The maximum Gasteiger partial charge on any atom is 0.171 e. The zero-order valence-electron chi connectivity index (χ0n) is 14.3. The van der Waals surface area contributed by atoms with Crippen molar-refractivity contribution < 1.29 is 14.2 Å². The highest BCUT2D eigenvalue weighted by molar-refractivity contribution is 7.80. The van der Waals surface area contributed by atoms with Gasteiger partial charge in [-0.05, 0) is 29.9 Å². The van der Waals surface area contributed by atoms with Crippen LogP contribution in [0.3, 0.4) is 0 Å². The fraction of sp³-hybridized carbons (Fsp3) is 0.211. The third-order valence-electron chi connectivity index (χ3n) is 4.02. The highest BCUT2D eigenvalue weighted by atomic mass is 32.1. The zero-order valence-corrected chi connectivity index (χ0v) is 15.1. The third kappa shape index (κ3) is 3.53. The average molecular weight is 356 g/mol. The molecule has 2 N–H and O–H groups in total. The van der Waals surface area contributed by atoms with Gasteiger partial charge in [-0.2, -0.15) is 0 Å². The van der Waals surface area contributed by atoms with E-state index in [1.807, 2.05) is 42.5 Å². The van der Waals surface area contributed by atoms with Crippen LogP contribution in [0.2, 0.25) is 0 Å². The van der Waals surface area contributed by atoms with Crippen LogP contribution in [0.25, 0.3) is 5.70 Å². The number of rotatable bonds is 5. The molecule has 0 radical (unpaired) electrons. The first-order valence-corrected chi connectivity index (χ1v) is 8.21. The minimum Gasteiger partial charge on any atom is -0.496 e. The molecule has 25 heavy (non-hydrogen) atoms. The Balaban J connectivity index is 2.06. The Morgan fingerprint density at radius 2 is 1.52 bits per heavy atom. The first-order chi connectivity index (χ1) is 12.2. The van der Waals surface area contributed by atoms with Crippen molar-refractivity contribution in [2.75, 3.05) is 21.3 Å². The molecule has 0 aliphatic carbocycles. The molecule has 0 amide bonds. The van der Waals surface area contributed by atoms with Crippen molar-refractivity contribution in [2.45, 2.75) is 6.04 Å². The van der Waals surface area contributed by atoms with Crippen LogP contribution in [0.15, 0.2) is 48.5 Å². The van der Waals surface area contributed by atoms with E-state index in [9.17, 15) is 0 Å². The van der Waals surface area contributed by atoms with E-state index in [1.54, 1.807) is 21.3 Å². The van der Waals surface area contributed by atoms with E-state index in [0.29, 0.717) is 22.4 Å². The van der Waals surface area contributed by atoms with Crippen LogP contribution in [-0.4, -0.2) is 26.4 Å². The second-order valence-electron chi connectivity index (χ2n) is 5.47. The molecule has 1 heterocycles. The SMILES string of the molecule is COc1cc(OC)c(C2C=C(c3ccccc3)NC(=S)N2)cc1OC. The van der Waals surface area contributed by atoms with E-state index in [1.165, 1.54) is 0 Å². The number of thiocarbonyl (C=S) groups is 1. The number of benzene rings is 2. The van der Waals surface area contributed by atoms with E-state index >= 15 is 0 Å². The standard InChI is InChI=1S/C19H20N2O3S/c1-22-16-11-18(24-3)17(23-2)9-13(16)15-10-14(20-19(25)21-15)12-7-5-4-6-8-12/h4-11,15H,1-3H3,(H2,20,21,25). The molecule has 0 saturated carbocycles. The maximum atomic E-state index is 5.55. The number of methoxy groups -OCH3 is 3. The van der Waals surface area contributed by atoms with Crippen LogP contribution in [0, 0.1) is 0 Å². The number of nitrogens with one attached hydrogen (secondary N) is 2. The summed E-state index contributed by atoms with van der Waals surface area (Å²) in [6, 6.07) is 13.6. The van der Waals surface area contributed by atoms with Gasteiger partial charge in [-0.15, -0.1) is 0 Å². The van der Waals surface area contributed by atoms with E-state index < -0.39 is 0 Å². The van der Waals surface area contributed by atoms with Crippen LogP contribution in [-0.2, 0) is 0 Å². The summed E-state index contributed by atoms with van der Waals surface area (Å²) in [6.45, 7) is 0. The molecular weight excluding hydrogens is 336 g/mol. The Labute approximate surface area is 152 Å². The Kier molecular flexibility index (Phi) is 5.09. The second kappa shape index (κ2) is 7.44. The lowest BCUT2D eigenvalue weighted by molar-refractivity contribution is 0.347. The highest BCUT2D eigenvalue weighted by Gasteiger charge is 2.23. The van der Waals surface area contributed by atoms with Crippen LogP contribution in [0.1, 0.15) is 17.2 Å². The van der Waals surface area contributed by atoms with Gasteiger partial charge in [-0.25, -0.2) is 0 Å². The normalized spacial score (nSPS) is 16.4. The summed E-state index contributed by atoms with van der Waals surface area (Å²) >= 11 is 5.39. The Morgan fingerprint density at radius 3 is 2.16 bits per heavy atom. The van der Waals surface area contributed by atoms with E-state index in [-0.39, 0.29) is 6.04 Å². The maximum absolute atomic E-state index is 5.55. The van der Waals surface area contributed by atoms with E-state index in [0.717, 1.165) is 16.8 Å². The van der Waals surface area contributed by atoms with Crippen molar-refractivity contribution in [3.8, 4) is 17.2 Å². The van der Waals surface area contributed by atoms with Gasteiger partial charge < -0.3 is 24.8 Å². The van der Waals surface area contributed by atoms with Crippen LogP contribution >= 0.6 is 12.2 Å².